The van der Waals surface area contributed by atoms with Gasteiger partial charge in [-0.25, -0.2) is 9.48 Å². The summed E-state index contributed by atoms with van der Waals surface area (Å²) in [6.07, 6.45) is 2.66. The van der Waals surface area contributed by atoms with E-state index in [1.165, 1.54) is 0 Å². The molecule has 19 heavy (non-hydrogen) atoms. The Hall–Kier alpha value is -2.37. The number of aromatic nitrogens is 4. The zero-order valence-corrected chi connectivity index (χ0v) is 11.4. The van der Waals surface area contributed by atoms with Crippen molar-refractivity contribution in [2.24, 2.45) is 7.05 Å². The van der Waals surface area contributed by atoms with Crippen LogP contribution in [0.15, 0.2) is 12.1 Å². The topological polar surface area (TPSA) is 72.9 Å². The average molecular weight is 260 g/mol. The SMILES string of the molecule is Cc1cc(C)n(-c2c(/C=C/C(=O)O)c(C)nn2C)n1. The number of hydrogen-bond acceptors (Lipinski definition) is 3. The number of aryl methyl sites for hydroxylation is 4. The molecule has 0 aliphatic rings. The van der Waals surface area contributed by atoms with E-state index in [0.29, 0.717) is 0 Å². The molecule has 2 rings (SSSR count). The van der Waals surface area contributed by atoms with Crippen LogP contribution < -0.4 is 0 Å². The monoisotopic (exact) mass is 260 g/mol. The first kappa shape index (κ1) is 13.1. The summed E-state index contributed by atoms with van der Waals surface area (Å²) in [5.41, 5.74) is 3.41. The minimum Gasteiger partial charge on any atom is -0.478 e. The molecule has 6 nitrogen and oxygen atoms in total. The van der Waals surface area contributed by atoms with Gasteiger partial charge in [0.15, 0.2) is 5.82 Å². The molecule has 0 spiro atoms. The van der Waals surface area contributed by atoms with Gasteiger partial charge in [-0.3, -0.25) is 4.68 Å². The third-order valence-corrected chi connectivity index (χ3v) is 2.84. The lowest BCUT2D eigenvalue weighted by molar-refractivity contribution is -0.131. The standard InChI is InChI=1S/C13H16N4O2/c1-8-7-9(2)17(14-8)13-11(5-6-12(18)19)10(3)15-16(13)4/h5-7H,1-4H3,(H,18,19)/b6-5+. The molecule has 1 N–H and O–H groups in total. The highest BCUT2D eigenvalue weighted by Crippen LogP contribution is 2.21. The molecule has 0 bridgehead atoms. The van der Waals surface area contributed by atoms with Crippen LogP contribution in [0.25, 0.3) is 11.9 Å². The highest BCUT2D eigenvalue weighted by atomic mass is 16.4. The van der Waals surface area contributed by atoms with Gasteiger partial charge in [0.25, 0.3) is 0 Å². The van der Waals surface area contributed by atoms with E-state index < -0.39 is 5.97 Å². The number of nitrogens with zero attached hydrogens (tertiary/aromatic N) is 4. The first-order valence-corrected chi connectivity index (χ1v) is 5.88. The van der Waals surface area contributed by atoms with E-state index in [9.17, 15) is 4.79 Å². The average Bonchev–Trinajstić information content (AvgIpc) is 2.75. The lowest BCUT2D eigenvalue weighted by Crippen LogP contribution is -2.07. The summed E-state index contributed by atoms with van der Waals surface area (Å²) in [6.45, 7) is 5.71. The largest absolute Gasteiger partial charge is 0.478 e. The molecule has 2 heterocycles. The summed E-state index contributed by atoms with van der Waals surface area (Å²) < 4.78 is 3.48. The lowest BCUT2D eigenvalue weighted by Gasteiger charge is -2.06. The van der Waals surface area contributed by atoms with Crippen molar-refractivity contribution in [2.75, 3.05) is 0 Å². The Morgan fingerprint density at radius 2 is 2.00 bits per heavy atom. The number of rotatable bonds is 3. The highest BCUT2D eigenvalue weighted by Gasteiger charge is 2.15. The van der Waals surface area contributed by atoms with Crippen LogP contribution in [-0.2, 0) is 11.8 Å². The van der Waals surface area contributed by atoms with Crippen molar-refractivity contribution in [1.29, 1.82) is 0 Å². The molecular formula is C13H16N4O2. The molecule has 0 saturated heterocycles. The molecule has 0 aliphatic heterocycles. The van der Waals surface area contributed by atoms with Crippen LogP contribution in [-0.4, -0.2) is 30.6 Å². The Morgan fingerprint density at radius 3 is 2.53 bits per heavy atom. The second kappa shape index (κ2) is 4.72. The molecule has 0 amide bonds. The zero-order valence-electron chi connectivity index (χ0n) is 11.4. The second-order valence-electron chi connectivity index (χ2n) is 4.46. The van der Waals surface area contributed by atoms with Crippen molar-refractivity contribution in [3.05, 3.63) is 34.8 Å². The first-order valence-electron chi connectivity index (χ1n) is 5.88. The summed E-state index contributed by atoms with van der Waals surface area (Å²) in [6, 6.07) is 1.97. The van der Waals surface area contributed by atoms with Gasteiger partial charge in [0.05, 0.1) is 11.4 Å². The van der Waals surface area contributed by atoms with E-state index in [4.69, 9.17) is 5.11 Å². The lowest BCUT2D eigenvalue weighted by atomic mass is 10.2. The summed E-state index contributed by atoms with van der Waals surface area (Å²) in [5, 5.41) is 17.5. The fraction of sp³-hybridized carbons (Fsp3) is 0.308. The number of aliphatic carboxylic acids is 1. The minimum atomic E-state index is -0.984. The second-order valence-corrected chi connectivity index (χ2v) is 4.46. The first-order chi connectivity index (χ1) is 8.90. The van der Waals surface area contributed by atoms with Crippen LogP contribution in [0.1, 0.15) is 22.6 Å². The van der Waals surface area contributed by atoms with Gasteiger partial charge in [0.2, 0.25) is 0 Å². The fourth-order valence-corrected chi connectivity index (χ4v) is 2.11. The minimum absolute atomic E-state index is 0.760. The van der Waals surface area contributed by atoms with Crippen molar-refractivity contribution in [2.45, 2.75) is 20.8 Å². The van der Waals surface area contributed by atoms with Crippen LogP contribution in [0.2, 0.25) is 0 Å². The Labute approximate surface area is 111 Å². The number of hydrogen-bond donors (Lipinski definition) is 1. The molecule has 0 atom stereocenters. The van der Waals surface area contributed by atoms with Gasteiger partial charge in [0.1, 0.15) is 0 Å². The number of carbonyl (C=O) groups is 1. The highest BCUT2D eigenvalue weighted by molar-refractivity contribution is 5.86. The summed E-state index contributed by atoms with van der Waals surface area (Å²) in [5.74, 6) is -0.219. The van der Waals surface area contributed by atoms with Gasteiger partial charge >= 0.3 is 5.97 Å². The Kier molecular flexibility index (Phi) is 3.25. The fourth-order valence-electron chi connectivity index (χ4n) is 2.11. The predicted octanol–water partition coefficient (Wildman–Crippen LogP) is 1.63. The Bertz CT molecular complexity index is 664. The van der Waals surface area contributed by atoms with Gasteiger partial charge < -0.3 is 5.11 Å². The number of carboxylic acids is 1. The van der Waals surface area contributed by atoms with Gasteiger partial charge in [-0.05, 0) is 32.9 Å². The molecule has 0 fully saturated rings. The van der Waals surface area contributed by atoms with Crippen LogP contribution in [0.3, 0.4) is 0 Å². The Balaban J connectivity index is 2.63. The van der Waals surface area contributed by atoms with Gasteiger partial charge in [-0.1, -0.05) is 0 Å². The maximum Gasteiger partial charge on any atom is 0.328 e. The molecule has 2 aromatic heterocycles. The number of carboxylic acid groups (broad SMARTS) is 1. The maximum absolute atomic E-state index is 10.7. The van der Waals surface area contributed by atoms with Crippen molar-refractivity contribution >= 4 is 12.0 Å². The summed E-state index contributed by atoms with van der Waals surface area (Å²) >= 11 is 0. The normalized spacial score (nSPS) is 11.4. The van der Waals surface area contributed by atoms with Crippen LogP contribution >= 0.6 is 0 Å². The van der Waals surface area contributed by atoms with E-state index in [1.54, 1.807) is 15.4 Å². The van der Waals surface area contributed by atoms with Crippen molar-refractivity contribution in [3.8, 4) is 5.82 Å². The van der Waals surface area contributed by atoms with E-state index in [2.05, 4.69) is 10.2 Å². The molecule has 6 heteroatoms. The van der Waals surface area contributed by atoms with Gasteiger partial charge in [-0.15, -0.1) is 0 Å². The van der Waals surface area contributed by atoms with E-state index in [0.717, 1.165) is 34.5 Å². The van der Waals surface area contributed by atoms with Crippen molar-refractivity contribution in [1.82, 2.24) is 19.6 Å². The van der Waals surface area contributed by atoms with E-state index in [-0.39, 0.29) is 0 Å². The third kappa shape index (κ3) is 2.42. The molecular weight excluding hydrogens is 244 g/mol. The van der Waals surface area contributed by atoms with Crippen molar-refractivity contribution in [3.63, 3.8) is 0 Å². The quantitative estimate of drug-likeness (QED) is 0.851. The molecule has 0 radical (unpaired) electrons. The Morgan fingerprint density at radius 1 is 1.32 bits per heavy atom. The molecule has 0 unspecified atom stereocenters. The van der Waals surface area contributed by atoms with E-state index in [1.807, 2.05) is 33.9 Å². The molecule has 0 saturated carbocycles. The zero-order chi connectivity index (χ0) is 14.2. The molecule has 2 aromatic rings. The smallest absolute Gasteiger partial charge is 0.328 e. The van der Waals surface area contributed by atoms with E-state index >= 15 is 0 Å². The van der Waals surface area contributed by atoms with Crippen LogP contribution in [0.5, 0.6) is 0 Å². The molecule has 0 aliphatic carbocycles. The van der Waals surface area contributed by atoms with Gasteiger partial charge in [-0.2, -0.15) is 10.2 Å². The van der Waals surface area contributed by atoms with Crippen LogP contribution in [0.4, 0.5) is 0 Å². The third-order valence-electron chi connectivity index (χ3n) is 2.84. The molecule has 100 valence electrons. The summed E-state index contributed by atoms with van der Waals surface area (Å²) in [7, 11) is 1.82. The summed E-state index contributed by atoms with van der Waals surface area (Å²) in [4.78, 5) is 10.7. The molecule has 0 aromatic carbocycles. The van der Waals surface area contributed by atoms with Gasteiger partial charge in [0, 0.05) is 24.4 Å². The predicted molar refractivity (Wildman–Crippen MR) is 71.2 cm³/mol. The van der Waals surface area contributed by atoms with Crippen molar-refractivity contribution < 1.29 is 9.90 Å². The maximum atomic E-state index is 10.7. The van der Waals surface area contributed by atoms with Crippen LogP contribution in [0, 0.1) is 20.8 Å².